The Bertz CT molecular complexity index is 584. The number of rotatable bonds is 7. The Morgan fingerprint density at radius 3 is 2.45 bits per heavy atom. The van der Waals surface area contributed by atoms with Crippen LogP contribution >= 0.6 is 0 Å². The summed E-state index contributed by atoms with van der Waals surface area (Å²) in [5.74, 6) is -0.308. The van der Waals surface area contributed by atoms with E-state index in [9.17, 15) is 14.4 Å². The lowest BCUT2D eigenvalue weighted by atomic mass is 10.1. The largest absolute Gasteiger partial charge is 0.330 e. The molecule has 0 saturated heterocycles. The molecule has 0 unspecified atom stereocenters. The summed E-state index contributed by atoms with van der Waals surface area (Å²) in [6.07, 6.45) is 6.82. The number of unbranched alkanes of at least 4 members (excludes halogenated alkanes) is 3. The third-order valence-corrected chi connectivity index (χ3v) is 3.64. The Hall–Kier alpha value is -1.65. The normalized spacial score (nSPS) is 12.4. The predicted molar refractivity (Wildman–Crippen MR) is 79.4 cm³/mol. The maximum absolute atomic E-state index is 12.1. The smallest absolute Gasteiger partial charge is 0.297 e. The maximum Gasteiger partial charge on any atom is 0.330 e. The second-order valence-corrected chi connectivity index (χ2v) is 5.35. The van der Waals surface area contributed by atoms with E-state index in [4.69, 9.17) is 0 Å². The molecule has 20 heavy (non-hydrogen) atoms. The molecule has 0 bridgehead atoms. The van der Waals surface area contributed by atoms with Crippen LogP contribution in [0, 0.1) is 0 Å². The van der Waals surface area contributed by atoms with Gasteiger partial charge in [0, 0.05) is 19.3 Å². The molecule has 0 aliphatic carbocycles. The number of aromatic nitrogens is 2. The molecule has 1 aromatic rings. The lowest BCUT2D eigenvalue weighted by molar-refractivity contribution is 0.101. The van der Waals surface area contributed by atoms with Crippen LogP contribution in [0.25, 0.3) is 0 Å². The van der Waals surface area contributed by atoms with Crippen molar-refractivity contribution in [3.05, 3.63) is 32.6 Å². The van der Waals surface area contributed by atoms with Crippen LogP contribution in [0.15, 0.2) is 15.8 Å². The Balaban J connectivity index is 3.03. The number of carbonyl (C=O) groups is 1. The molecule has 0 amide bonds. The van der Waals surface area contributed by atoms with Crippen molar-refractivity contribution < 1.29 is 4.79 Å². The summed E-state index contributed by atoms with van der Waals surface area (Å²) < 4.78 is 2.52. The minimum Gasteiger partial charge on any atom is -0.297 e. The van der Waals surface area contributed by atoms with Crippen LogP contribution in [0.3, 0.4) is 0 Å². The van der Waals surface area contributed by atoms with Gasteiger partial charge in [-0.2, -0.15) is 0 Å². The summed E-state index contributed by atoms with van der Waals surface area (Å²) in [6, 6.07) is -0.00995. The highest BCUT2D eigenvalue weighted by atomic mass is 16.2. The molecule has 112 valence electrons. The maximum atomic E-state index is 12.1. The highest BCUT2D eigenvalue weighted by Gasteiger charge is 2.15. The fraction of sp³-hybridized carbons (Fsp3) is 0.667. The van der Waals surface area contributed by atoms with Crippen LogP contribution in [0.1, 0.15) is 69.3 Å². The summed E-state index contributed by atoms with van der Waals surface area (Å²) in [6.45, 7) is 5.44. The number of nitrogens with zero attached hydrogens (tertiary/aromatic N) is 2. The Labute approximate surface area is 119 Å². The van der Waals surface area contributed by atoms with Crippen LogP contribution < -0.4 is 11.2 Å². The molecule has 0 fully saturated rings. The molecule has 5 heteroatoms. The molecule has 0 radical (unpaired) electrons. The van der Waals surface area contributed by atoms with Crippen molar-refractivity contribution in [3.63, 3.8) is 0 Å². The molecule has 5 nitrogen and oxygen atoms in total. The minimum atomic E-state index is -0.517. The summed E-state index contributed by atoms with van der Waals surface area (Å²) in [7, 11) is 1.41. The van der Waals surface area contributed by atoms with Gasteiger partial charge in [0.15, 0.2) is 5.78 Å². The summed E-state index contributed by atoms with van der Waals surface area (Å²) >= 11 is 0. The van der Waals surface area contributed by atoms with Crippen molar-refractivity contribution in [2.24, 2.45) is 7.05 Å². The van der Waals surface area contributed by atoms with Gasteiger partial charge in [-0.15, -0.1) is 0 Å². The van der Waals surface area contributed by atoms with Crippen molar-refractivity contribution in [3.8, 4) is 0 Å². The topological polar surface area (TPSA) is 61.1 Å². The molecule has 0 aliphatic heterocycles. The van der Waals surface area contributed by atoms with E-state index in [0.717, 1.165) is 23.8 Å². The molecule has 1 heterocycles. The second kappa shape index (κ2) is 7.22. The molecule has 1 aromatic heterocycles. The Morgan fingerprint density at radius 2 is 1.90 bits per heavy atom. The second-order valence-electron chi connectivity index (χ2n) is 5.35. The zero-order valence-electron chi connectivity index (χ0n) is 12.8. The highest BCUT2D eigenvalue weighted by molar-refractivity contribution is 5.93. The summed E-state index contributed by atoms with van der Waals surface area (Å²) in [5, 5.41) is 0. The zero-order valence-corrected chi connectivity index (χ0v) is 12.8. The number of hydrogen-bond acceptors (Lipinski definition) is 3. The van der Waals surface area contributed by atoms with Gasteiger partial charge in [-0.1, -0.05) is 32.6 Å². The summed E-state index contributed by atoms with van der Waals surface area (Å²) in [4.78, 5) is 35.4. The van der Waals surface area contributed by atoms with Crippen molar-refractivity contribution in [1.29, 1.82) is 0 Å². The molecule has 1 atom stereocenters. The van der Waals surface area contributed by atoms with Crippen molar-refractivity contribution in [2.45, 2.75) is 58.9 Å². The molecule has 0 N–H and O–H groups in total. The van der Waals surface area contributed by atoms with Gasteiger partial charge in [0.1, 0.15) is 0 Å². The van der Waals surface area contributed by atoms with E-state index in [-0.39, 0.29) is 23.1 Å². The summed E-state index contributed by atoms with van der Waals surface area (Å²) in [5.41, 5.74) is -0.799. The third kappa shape index (κ3) is 3.68. The molecule has 0 spiro atoms. The highest BCUT2D eigenvalue weighted by Crippen LogP contribution is 2.14. The molecule has 0 saturated carbocycles. The lowest BCUT2D eigenvalue weighted by Crippen LogP contribution is -2.41. The van der Waals surface area contributed by atoms with E-state index < -0.39 is 5.56 Å². The fourth-order valence-electron chi connectivity index (χ4n) is 2.25. The molecular weight excluding hydrogens is 256 g/mol. The Kier molecular flexibility index (Phi) is 5.92. The van der Waals surface area contributed by atoms with Gasteiger partial charge in [-0.05, 0) is 20.3 Å². The van der Waals surface area contributed by atoms with E-state index in [1.54, 1.807) is 0 Å². The molecule has 1 rings (SSSR count). The average Bonchev–Trinajstić information content (AvgIpc) is 2.40. The van der Waals surface area contributed by atoms with Crippen molar-refractivity contribution in [1.82, 2.24) is 9.13 Å². The standard InChI is InChI=1S/C15H24N2O3/c1-5-6-7-8-9-11(2)17-10-13(12(3)18)14(19)16(4)15(17)20/h10-11H,5-9H2,1-4H3/t11-/m0/s1. The number of carbonyl (C=O) groups excluding carboxylic acids is 1. The van der Waals surface area contributed by atoms with Gasteiger partial charge in [0.2, 0.25) is 0 Å². The van der Waals surface area contributed by atoms with Gasteiger partial charge in [-0.3, -0.25) is 18.7 Å². The molecular formula is C15H24N2O3. The average molecular weight is 280 g/mol. The first-order chi connectivity index (χ1) is 9.40. The van der Waals surface area contributed by atoms with Gasteiger partial charge in [0.25, 0.3) is 5.56 Å². The third-order valence-electron chi connectivity index (χ3n) is 3.64. The SMILES string of the molecule is CCCCCC[C@H](C)n1cc(C(C)=O)c(=O)n(C)c1=O. The first-order valence-corrected chi connectivity index (χ1v) is 7.23. The van der Waals surface area contributed by atoms with Gasteiger partial charge >= 0.3 is 5.69 Å². The lowest BCUT2D eigenvalue weighted by Gasteiger charge is -2.16. The Morgan fingerprint density at radius 1 is 1.25 bits per heavy atom. The van der Waals surface area contributed by atoms with E-state index in [0.29, 0.717) is 0 Å². The minimum absolute atomic E-state index is 0.00995. The number of Topliss-reactive ketones (excluding diaryl/α,β-unsaturated/α-hetero) is 1. The van der Waals surface area contributed by atoms with E-state index in [1.165, 1.54) is 37.6 Å². The van der Waals surface area contributed by atoms with Crippen LogP contribution in [-0.4, -0.2) is 14.9 Å². The first kappa shape index (κ1) is 16.4. The quantitative estimate of drug-likeness (QED) is 0.568. The van der Waals surface area contributed by atoms with Gasteiger partial charge in [0.05, 0.1) is 5.56 Å². The first-order valence-electron chi connectivity index (χ1n) is 7.23. The van der Waals surface area contributed by atoms with E-state index in [2.05, 4.69) is 6.92 Å². The number of ketones is 1. The monoisotopic (exact) mass is 280 g/mol. The van der Waals surface area contributed by atoms with Crippen molar-refractivity contribution >= 4 is 5.78 Å². The van der Waals surface area contributed by atoms with E-state index >= 15 is 0 Å². The predicted octanol–water partition coefficient (Wildman–Crippen LogP) is 2.28. The fourth-order valence-corrected chi connectivity index (χ4v) is 2.25. The van der Waals surface area contributed by atoms with Gasteiger partial charge < -0.3 is 0 Å². The van der Waals surface area contributed by atoms with Crippen LogP contribution in [0.4, 0.5) is 0 Å². The number of hydrogen-bond donors (Lipinski definition) is 0. The molecule has 0 aromatic carbocycles. The van der Waals surface area contributed by atoms with Crippen molar-refractivity contribution in [2.75, 3.05) is 0 Å². The molecule has 0 aliphatic rings. The van der Waals surface area contributed by atoms with Crippen LogP contribution in [0.5, 0.6) is 0 Å². The van der Waals surface area contributed by atoms with E-state index in [1.807, 2.05) is 6.92 Å². The van der Waals surface area contributed by atoms with Gasteiger partial charge in [-0.25, -0.2) is 4.79 Å². The van der Waals surface area contributed by atoms with Crippen LogP contribution in [0.2, 0.25) is 0 Å². The zero-order chi connectivity index (χ0) is 15.3. The van der Waals surface area contributed by atoms with Crippen LogP contribution in [-0.2, 0) is 7.05 Å².